The topological polar surface area (TPSA) is 140 Å². The summed E-state index contributed by atoms with van der Waals surface area (Å²) in [5.74, 6) is -3.06. The molecule has 0 unspecified atom stereocenters. The fourth-order valence-electron chi connectivity index (χ4n) is 5.25. The molecule has 5 rings (SSSR count). The van der Waals surface area contributed by atoms with Crippen molar-refractivity contribution in [2.75, 3.05) is 18.5 Å². The Kier molecular flexibility index (Phi) is 6.62. The third kappa shape index (κ3) is 4.60. The summed E-state index contributed by atoms with van der Waals surface area (Å²) in [6.07, 6.45) is 5.91. The van der Waals surface area contributed by atoms with Crippen LogP contribution in [0.15, 0.2) is 53.7 Å². The number of nitro groups is 1. The molecule has 2 aliphatic carbocycles. The van der Waals surface area contributed by atoms with E-state index in [1.54, 1.807) is 6.92 Å². The summed E-state index contributed by atoms with van der Waals surface area (Å²) in [6.45, 7) is 1.18. The van der Waals surface area contributed by atoms with Crippen molar-refractivity contribution in [1.82, 2.24) is 5.01 Å². The molecule has 11 nitrogen and oxygen atoms in total. The summed E-state index contributed by atoms with van der Waals surface area (Å²) in [5, 5.41) is 19.2. The highest BCUT2D eigenvalue weighted by Crippen LogP contribution is 2.52. The molecular formula is C26H23FN4O7. The molecule has 2 fully saturated rings. The Balaban J connectivity index is 1.35. The van der Waals surface area contributed by atoms with Crippen LogP contribution in [-0.4, -0.2) is 47.1 Å². The van der Waals surface area contributed by atoms with Gasteiger partial charge in [-0.15, -0.1) is 0 Å². The number of hydrazone groups is 1. The van der Waals surface area contributed by atoms with E-state index in [2.05, 4.69) is 10.4 Å². The number of halogens is 1. The number of carbonyl (C=O) groups is 3. The zero-order valence-electron chi connectivity index (χ0n) is 20.2. The van der Waals surface area contributed by atoms with Crippen molar-refractivity contribution in [2.24, 2.45) is 28.8 Å². The number of carbonyl (C=O) groups excluding carboxylic acids is 3. The van der Waals surface area contributed by atoms with Crippen molar-refractivity contribution in [3.63, 3.8) is 0 Å². The van der Waals surface area contributed by atoms with E-state index < -0.39 is 40.8 Å². The zero-order chi connectivity index (χ0) is 27.0. The molecule has 1 N–H and O–H groups in total. The molecule has 2 bridgehead atoms. The first kappa shape index (κ1) is 25.1. The van der Waals surface area contributed by atoms with Crippen LogP contribution in [0.4, 0.5) is 15.8 Å². The number of ether oxygens (including phenoxy) is 2. The molecule has 3 amide bonds. The molecule has 2 aromatic rings. The highest BCUT2D eigenvalue weighted by Gasteiger charge is 2.59. The monoisotopic (exact) mass is 522 g/mol. The molecule has 4 atom stereocenters. The van der Waals surface area contributed by atoms with Crippen LogP contribution in [0, 0.1) is 39.6 Å². The number of nitrogens with zero attached hydrogens (tertiary/aromatic N) is 3. The molecule has 196 valence electrons. The number of nitro benzene ring substituents is 1. The summed E-state index contributed by atoms with van der Waals surface area (Å²) < 4.78 is 24.3. The Hall–Kier alpha value is -4.61. The number of rotatable bonds is 9. The Bertz CT molecular complexity index is 1360. The summed E-state index contributed by atoms with van der Waals surface area (Å²) in [4.78, 5) is 49.1. The number of imide groups is 1. The molecule has 2 aromatic carbocycles. The largest absolute Gasteiger partial charge is 0.490 e. The van der Waals surface area contributed by atoms with Crippen molar-refractivity contribution in [2.45, 2.75) is 13.3 Å². The highest BCUT2D eigenvalue weighted by molar-refractivity contribution is 6.06. The van der Waals surface area contributed by atoms with Gasteiger partial charge in [0.25, 0.3) is 17.7 Å². The number of anilines is 1. The minimum atomic E-state index is -0.709. The van der Waals surface area contributed by atoms with Crippen LogP contribution < -0.4 is 14.8 Å². The molecule has 1 saturated carbocycles. The van der Waals surface area contributed by atoms with E-state index in [1.807, 2.05) is 12.2 Å². The average molecular weight is 522 g/mol. The molecule has 1 heterocycles. The first-order valence-corrected chi connectivity index (χ1v) is 12.0. The molecule has 12 heteroatoms. The van der Waals surface area contributed by atoms with Crippen LogP contribution in [0.1, 0.15) is 18.9 Å². The molecule has 3 aliphatic rings. The zero-order valence-corrected chi connectivity index (χ0v) is 20.2. The summed E-state index contributed by atoms with van der Waals surface area (Å²) in [6, 6.07) is 7.77. The summed E-state index contributed by atoms with van der Waals surface area (Å²) >= 11 is 0. The quantitative estimate of drug-likeness (QED) is 0.175. The van der Waals surface area contributed by atoms with Gasteiger partial charge in [0.15, 0.2) is 12.4 Å². The molecular weight excluding hydrogens is 499 g/mol. The van der Waals surface area contributed by atoms with Gasteiger partial charge < -0.3 is 14.8 Å². The molecule has 0 spiro atoms. The van der Waals surface area contributed by atoms with Crippen LogP contribution in [0.25, 0.3) is 0 Å². The Labute approximate surface area is 216 Å². The SMILES string of the molecule is CCOc1cc(C=NN2C(=O)[C@@H]3[C@H](C2=O)[C@H]2C=C[C@H]3C2)cc([N+](=O)[O-])c1OCC(=O)Nc1cccc(F)c1. The maximum absolute atomic E-state index is 13.4. The summed E-state index contributed by atoms with van der Waals surface area (Å²) in [7, 11) is 0. The van der Waals surface area contributed by atoms with Gasteiger partial charge in [-0.1, -0.05) is 18.2 Å². The second-order valence-electron chi connectivity index (χ2n) is 9.14. The van der Waals surface area contributed by atoms with Crippen LogP contribution in [-0.2, 0) is 14.4 Å². The molecule has 0 aromatic heterocycles. The standard InChI is InChI=1S/C26H23FN4O7/c1-2-37-20-9-14(12-28-30-25(33)22-15-6-7-16(10-15)23(22)26(30)34)8-19(31(35)36)24(20)38-13-21(32)29-18-5-3-4-17(27)11-18/h3-9,11-12,15-16,22-23H,2,10,13H2,1H3,(H,29,32)/t15-,16-,22-,23+/m0/s1. The third-order valence-corrected chi connectivity index (χ3v) is 6.78. The normalized spacial score (nSPS) is 23.3. The van der Waals surface area contributed by atoms with Gasteiger partial charge in [0.2, 0.25) is 5.75 Å². The van der Waals surface area contributed by atoms with E-state index in [0.29, 0.717) is 0 Å². The van der Waals surface area contributed by atoms with E-state index in [-0.39, 0.29) is 53.0 Å². The van der Waals surface area contributed by atoms with E-state index in [0.717, 1.165) is 23.6 Å². The molecule has 1 saturated heterocycles. The first-order chi connectivity index (χ1) is 18.3. The second-order valence-corrected chi connectivity index (χ2v) is 9.14. The smallest absolute Gasteiger partial charge is 0.315 e. The van der Waals surface area contributed by atoms with E-state index in [9.17, 15) is 28.9 Å². The van der Waals surface area contributed by atoms with Crippen molar-refractivity contribution < 1.29 is 33.2 Å². The van der Waals surface area contributed by atoms with Gasteiger partial charge in [0.05, 0.1) is 29.6 Å². The minimum absolute atomic E-state index is 0.0279. The average Bonchev–Trinajstić information content (AvgIpc) is 3.56. The van der Waals surface area contributed by atoms with Gasteiger partial charge in [0.1, 0.15) is 5.82 Å². The maximum Gasteiger partial charge on any atom is 0.315 e. The number of benzene rings is 2. The van der Waals surface area contributed by atoms with Gasteiger partial charge in [-0.2, -0.15) is 10.1 Å². The van der Waals surface area contributed by atoms with Crippen molar-refractivity contribution >= 4 is 35.3 Å². The molecule has 1 aliphatic heterocycles. The summed E-state index contributed by atoms with van der Waals surface area (Å²) in [5.41, 5.74) is -0.117. The Morgan fingerprint density at radius 2 is 1.89 bits per heavy atom. The van der Waals surface area contributed by atoms with Gasteiger partial charge in [-0.3, -0.25) is 24.5 Å². The van der Waals surface area contributed by atoms with E-state index >= 15 is 0 Å². The van der Waals surface area contributed by atoms with Crippen LogP contribution in [0.5, 0.6) is 11.5 Å². The predicted octanol–water partition coefficient (Wildman–Crippen LogP) is 3.29. The number of nitrogens with one attached hydrogen (secondary N) is 1. The van der Waals surface area contributed by atoms with Crippen LogP contribution in [0.2, 0.25) is 0 Å². The number of amides is 3. The lowest BCUT2D eigenvalue weighted by Crippen LogP contribution is -2.28. The van der Waals surface area contributed by atoms with E-state index in [4.69, 9.17) is 9.47 Å². The highest BCUT2D eigenvalue weighted by atomic mass is 19.1. The Morgan fingerprint density at radius 3 is 2.53 bits per heavy atom. The number of fused-ring (bicyclic) bond motifs is 5. The lowest BCUT2D eigenvalue weighted by atomic mass is 9.85. The van der Waals surface area contributed by atoms with Gasteiger partial charge in [-0.05, 0) is 49.4 Å². The third-order valence-electron chi connectivity index (χ3n) is 6.78. The van der Waals surface area contributed by atoms with E-state index in [1.165, 1.54) is 30.5 Å². The number of hydrogen-bond donors (Lipinski definition) is 1. The van der Waals surface area contributed by atoms with Gasteiger partial charge >= 0.3 is 5.69 Å². The first-order valence-electron chi connectivity index (χ1n) is 12.0. The molecule has 38 heavy (non-hydrogen) atoms. The second kappa shape index (κ2) is 10.0. The fraction of sp³-hybridized carbons (Fsp3) is 0.308. The van der Waals surface area contributed by atoms with Crippen molar-refractivity contribution in [3.8, 4) is 11.5 Å². The van der Waals surface area contributed by atoms with Crippen molar-refractivity contribution in [1.29, 1.82) is 0 Å². The maximum atomic E-state index is 13.4. The molecule has 0 radical (unpaired) electrons. The minimum Gasteiger partial charge on any atom is -0.490 e. The number of allylic oxidation sites excluding steroid dienone is 2. The predicted molar refractivity (Wildman–Crippen MR) is 132 cm³/mol. The van der Waals surface area contributed by atoms with Crippen LogP contribution >= 0.6 is 0 Å². The van der Waals surface area contributed by atoms with Crippen molar-refractivity contribution in [3.05, 3.63) is 70.0 Å². The van der Waals surface area contributed by atoms with Crippen LogP contribution in [0.3, 0.4) is 0 Å². The van der Waals surface area contributed by atoms with Gasteiger partial charge in [0, 0.05) is 17.3 Å². The fourth-order valence-corrected chi connectivity index (χ4v) is 5.25. The lowest BCUT2D eigenvalue weighted by molar-refractivity contribution is -0.385. The lowest BCUT2D eigenvalue weighted by Gasteiger charge is -2.14. The number of hydrogen-bond acceptors (Lipinski definition) is 8. The van der Waals surface area contributed by atoms with Gasteiger partial charge in [-0.25, -0.2) is 4.39 Å². The Morgan fingerprint density at radius 1 is 1.18 bits per heavy atom.